The van der Waals surface area contributed by atoms with E-state index in [9.17, 15) is 0 Å². The number of aromatic nitrogens is 1. The number of nitrogens with one attached hydrogen (secondary N) is 1. The van der Waals surface area contributed by atoms with Gasteiger partial charge >= 0.3 is 0 Å². The molecule has 1 saturated carbocycles. The maximum Gasteiger partial charge on any atom is 0.133 e. The molecule has 2 aromatic heterocycles. The molecule has 0 saturated heterocycles. The third-order valence-electron chi connectivity index (χ3n) is 3.20. The Hall–Kier alpha value is -0.710. The lowest BCUT2D eigenvalue weighted by molar-refractivity contribution is 0.425. The smallest absolute Gasteiger partial charge is 0.133 e. The molecule has 0 aliphatic heterocycles. The van der Waals surface area contributed by atoms with E-state index in [-0.39, 0.29) is 5.54 Å². The van der Waals surface area contributed by atoms with Crippen LogP contribution in [0.4, 0.5) is 0 Å². The quantitative estimate of drug-likeness (QED) is 0.888. The third-order valence-corrected chi connectivity index (χ3v) is 5.31. The molecule has 0 aromatic carbocycles. The van der Waals surface area contributed by atoms with Gasteiger partial charge in [-0.1, -0.05) is 6.07 Å². The van der Waals surface area contributed by atoms with E-state index in [1.54, 1.807) is 11.3 Å². The van der Waals surface area contributed by atoms with Gasteiger partial charge in [-0.2, -0.15) is 0 Å². The molecule has 0 unspecified atom stereocenters. The Morgan fingerprint density at radius 2 is 2.16 bits per heavy atom. The van der Waals surface area contributed by atoms with Gasteiger partial charge in [0.05, 0.1) is 10.6 Å². The molecule has 0 spiro atoms. The molecule has 1 aliphatic carbocycles. The summed E-state index contributed by atoms with van der Waals surface area (Å²) in [6.45, 7) is 7.58. The molecule has 102 valence electrons. The highest BCUT2D eigenvalue weighted by Crippen LogP contribution is 2.44. The summed E-state index contributed by atoms with van der Waals surface area (Å²) >= 11 is 3.64. The van der Waals surface area contributed by atoms with Crippen molar-refractivity contribution >= 4 is 22.7 Å². The minimum absolute atomic E-state index is 0.161. The van der Waals surface area contributed by atoms with Gasteiger partial charge in [-0.3, -0.25) is 0 Å². The van der Waals surface area contributed by atoms with Crippen LogP contribution in [0, 0.1) is 0 Å². The highest BCUT2D eigenvalue weighted by Gasteiger charge is 2.30. The van der Waals surface area contributed by atoms with Crippen molar-refractivity contribution in [1.29, 1.82) is 0 Å². The third kappa shape index (κ3) is 3.25. The van der Waals surface area contributed by atoms with Crippen molar-refractivity contribution in [2.24, 2.45) is 0 Å². The largest absolute Gasteiger partial charge is 0.307 e. The molecule has 0 bridgehead atoms. The van der Waals surface area contributed by atoms with Gasteiger partial charge in [-0.25, -0.2) is 4.98 Å². The molecule has 0 amide bonds. The summed E-state index contributed by atoms with van der Waals surface area (Å²) in [4.78, 5) is 7.64. The van der Waals surface area contributed by atoms with Gasteiger partial charge in [0.15, 0.2) is 0 Å². The molecular formula is C15H20N2S2. The molecule has 1 N–H and O–H groups in total. The van der Waals surface area contributed by atoms with Gasteiger partial charge in [0, 0.05) is 22.9 Å². The molecule has 19 heavy (non-hydrogen) atoms. The zero-order valence-corrected chi connectivity index (χ0v) is 13.3. The van der Waals surface area contributed by atoms with Gasteiger partial charge in [0.25, 0.3) is 0 Å². The summed E-state index contributed by atoms with van der Waals surface area (Å²) in [5.74, 6) is 0.724. The monoisotopic (exact) mass is 292 g/mol. The lowest BCUT2D eigenvalue weighted by atomic mass is 10.1. The molecule has 1 aliphatic rings. The number of hydrogen-bond donors (Lipinski definition) is 1. The van der Waals surface area contributed by atoms with E-state index >= 15 is 0 Å². The van der Waals surface area contributed by atoms with Crippen LogP contribution < -0.4 is 5.32 Å². The van der Waals surface area contributed by atoms with Gasteiger partial charge < -0.3 is 5.32 Å². The maximum atomic E-state index is 4.90. The van der Waals surface area contributed by atoms with E-state index in [1.807, 2.05) is 11.3 Å². The molecule has 2 nitrogen and oxygen atoms in total. The molecule has 4 heteroatoms. The Bertz CT molecular complexity index is 545. The minimum atomic E-state index is 0.161. The van der Waals surface area contributed by atoms with Crippen LogP contribution in [0.2, 0.25) is 0 Å². The first-order valence-corrected chi connectivity index (χ1v) is 8.51. The van der Waals surface area contributed by atoms with Crippen LogP contribution in [0.1, 0.15) is 50.1 Å². The van der Waals surface area contributed by atoms with Crippen LogP contribution in [0.3, 0.4) is 0 Å². The van der Waals surface area contributed by atoms with Crippen molar-refractivity contribution in [1.82, 2.24) is 10.3 Å². The van der Waals surface area contributed by atoms with Crippen LogP contribution in [-0.4, -0.2) is 10.5 Å². The van der Waals surface area contributed by atoms with E-state index in [4.69, 9.17) is 4.98 Å². The zero-order valence-electron chi connectivity index (χ0n) is 11.7. The van der Waals surface area contributed by atoms with Crippen LogP contribution in [-0.2, 0) is 6.54 Å². The summed E-state index contributed by atoms with van der Waals surface area (Å²) in [7, 11) is 0. The van der Waals surface area contributed by atoms with Crippen LogP contribution in [0.15, 0.2) is 17.5 Å². The average molecular weight is 292 g/mol. The van der Waals surface area contributed by atoms with E-state index in [0.29, 0.717) is 0 Å². The van der Waals surface area contributed by atoms with Gasteiger partial charge in [-0.05, 0) is 45.1 Å². The van der Waals surface area contributed by atoms with Crippen LogP contribution in [0.5, 0.6) is 0 Å². The summed E-state index contributed by atoms with van der Waals surface area (Å²) < 4.78 is 0. The lowest BCUT2D eigenvalue weighted by Crippen LogP contribution is -2.35. The Labute approximate surface area is 122 Å². The van der Waals surface area contributed by atoms with Crippen molar-refractivity contribution in [2.45, 2.75) is 51.6 Å². The second-order valence-electron chi connectivity index (χ2n) is 6.18. The topological polar surface area (TPSA) is 24.9 Å². The van der Waals surface area contributed by atoms with Crippen molar-refractivity contribution < 1.29 is 0 Å². The Kier molecular flexibility index (Phi) is 3.50. The highest BCUT2D eigenvalue weighted by molar-refractivity contribution is 7.21. The fourth-order valence-corrected chi connectivity index (χ4v) is 3.90. The van der Waals surface area contributed by atoms with E-state index in [0.717, 1.165) is 12.5 Å². The fraction of sp³-hybridized carbons (Fsp3) is 0.533. The van der Waals surface area contributed by atoms with Crippen molar-refractivity contribution in [3.63, 3.8) is 0 Å². The predicted octanol–water partition coefficient (Wildman–Crippen LogP) is 4.64. The molecule has 1 fully saturated rings. The molecule has 0 atom stereocenters. The normalized spacial score (nSPS) is 15.9. The zero-order chi connectivity index (χ0) is 13.5. The molecule has 2 heterocycles. The lowest BCUT2D eigenvalue weighted by Gasteiger charge is -2.20. The molecule has 0 radical (unpaired) electrons. The summed E-state index contributed by atoms with van der Waals surface area (Å²) in [6.07, 6.45) is 2.63. The van der Waals surface area contributed by atoms with Crippen molar-refractivity contribution in [3.05, 3.63) is 28.1 Å². The second kappa shape index (κ2) is 5.00. The first kappa shape index (κ1) is 13.3. The molecule has 3 rings (SSSR count). The van der Waals surface area contributed by atoms with Crippen molar-refractivity contribution in [2.75, 3.05) is 0 Å². The number of hydrogen-bond acceptors (Lipinski definition) is 4. The number of nitrogens with zero attached hydrogens (tertiary/aromatic N) is 1. The fourth-order valence-electron chi connectivity index (χ4n) is 2.02. The Morgan fingerprint density at radius 3 is 2.74 bits per heavy atom. The SMILES string of the molecule is CC(C)(C)NCc1sc(-c2cccs2)nc1C1CC1. The number of thiazole rings is 1. The Balaban J connectivity index is 1.85. The average Bonchev–Trinajstić information content (AvgIpc) is 2.90. The van der Waals surface area contributed by atoms with Gasteiger partial charge in [0.2, 0.25) is 0 Å². The maximum absolute atomic E-state index is 4.90. The molecular weight excluding hydrogens is 272 g/mol. The minimum Gasteiger partial charge on any atom is -0.307 e. The van der Waals surface area contributed by atoms with Gasteiger partial charge in [0.1, 0.15) is 5.01 Å². The van der Waals surface area contributed by atoms with Crippen LogP contribution in [0.25, 0.3) is 9.88 Å². The number of rotatable bonds is 4. The predicted molar refractivity (Wildman–Crippen MR) is 84.0 cm³/mol. The van der Waals surface area contributed by atoms with E-state index in [1.165, 1.54) is 33.3 Å². The summed E-state index contributed by atoms with van der Waals surface area (Å²) in [5.41, 5.74) is 1.51. The standard InChI is InChI=1S/C15H20N2S2/c1-15(2,3)16-9-12-13(10-6-7-10)17-14(19-12)11-5-4-8-18-11/h4-5,8,10,16H,6-7,9H2,1-3H3. The van der Waals surface area contributed by atoms with E-state index in [2.05, 4.69) is 43.6 Å². The van der Waals surface area contributed by atoms with Crippen molar-refractivity contribution in [3.8, 4) is 9.88 Å². The van der Waals surface area contributed by atoms with Crippen LogP contribution >= 0.6 is 22.7 Å². The first-order valence-electron chi connectivity index (χ1n) is 6.81. The van der Waals surface area contributed by atoms with Gasteiger partial charge in [-0.15, -0.1) is 22.7 Å². The summed E-state index contributed by atoms with van der Waals surface area (Å²) in [6, 6.07) is 4.27. The second-order valence-corrected chi connectivity index (χ2v) is 8.21. The molecule has 2 aromatic rings. The number of thiophene rings is 1. The van der Waals surface area contributed by atoms with E-state index < -0.39 is 0 Å². The highest BCUT2D eigenvalue weighted by atomic mass is 32.1. The Morgan fingerprint density at radius 1 is 1.37 bits per heavy atom. The first-order chi connectivity index (χ1) is 9.03. The summed E-state index contributed by atoms with van der Waals surface area (Å²) in [5, 5.41) is 6.92.